The normalized spacial score (nSPS) is 11.1. The number of nitrogens with one attached hydrogen (secondary N) is 1. The number of amides is 1. The number of furan rings is 1. The topological polar surface area (TPSA) is 81.7 Å². The molecule has 1 amide bonds. The molecule has 6 nitrogen and oxygen atoms in total. The molecule has 6 heteroatoms. The summed E-state index contributed by atoms with van der Waals surface area (Å²) in [7, 11) is 1.60. The van der Waals surface area contributed by atoms with Gasteiger partial charge in [0, 0.05) is 18.9 Å². The van der Waals surface area contributed by atoms with Gasteiger partial charge in [0.15, 0.2) is 5.76 Å². The van der Waals surface area contributed by atoms with Crippen LogP contribution in [0, 0.1) is 0 Å². The Kier molecular flexibility index (Phi) is 4.02. The summed E-state index contributed by atoms with van der Waals surface area (Å²) >= 11 is 0. The summed E-state index contributed by atoms with van der Waals surface area (Å²) in [6.45, 7) is 0.444. The third kappa shape index (κ3) is 2.87. The van der Waals surface area contributed by atoms with Crippen LogP contribution in [0.2, 0.25) is 0 Å². The number of para-hydroxylation sites is 1. The largest absolute Gasteiger partial charge is 0.425 e. The minimum atomic E-state index is -0.463. The first-order valence-electron chi connectivity index (χ1n) is 8.00. The van der Waals surface area contributed by atoms with Crippen molar-refractivity contribution in [2.24, 2.45) is 0 Å². The molecule has 0 radical (unpaired) electrons. The Bertz CT molecular complexity index is 1170. The molecule has 4 aromatic rings. The molecular weight excluding hydrogens is 334 g/mol. The zero-order valence-corrected chi connectivity index (χ0v) is 13.9. The second kappa shape index (κ2) is 6.50. The number of carbonyl (C=O) groups excluding carboxylic acids is 1. The first-order valence-corrected chi connectivity index (χ1v) is 8.00. The first-order chi connectivity index (χ1) is 12.7. The summed E-state index contributed by atoms with van der Waals surface area (Å²) in [5.41, 5.74) is 1.72. The summed E-state index contributed by atoms with van der Waals surface area (Å²) in [4.78, 5) is 25.0. The molecule has 2 heterocycles. The molecule has 0 atom stereocenters. The summed E-state index contributed by atoms with van der Waals surface area (Å²) in [6, 6.07) is 15.6. The molecule has 26 heavy (non-hydrogen) atoms. The lowest BCUT2D eigenvalue weighted by Crippen LogP contribution is -2.11. The van der Waals surface area contributed by atoms with Gasteiger partial charge in [0.05, 0.1) is 12.0 Å². The Morgan fingerprint density at radius 1 is 1.04 bits per heavy atom. The van der Waals surface area contributed by atoms with Crippen LogP contribution in [0.25, 0.3) is 22.1 Å². The van der Waals surface area contributed by atoms with E-state index in [4.69, 9.17) is 13.6 Å². The average molecular weight is 349 g/mol. The molecule has 0 bridgehead atoms. The van der Waals surface area contributed by atoms with Crippen LogP contribution in [0.4, 0.5) is 5.69 Å². The van der Waals surface area contributed by atoms with Gasteiger partial charge in [0.1, 0.15) is 11.0 Å². The minimum absolute atomic E-state index is 0.00769. The number of fused-ring (bicyclic) bond motifs is 2. The van der Waals surface area contributed by atoms with Gasteiger partial charge >= 0.3 is 5.78 Å². The van der Waals surface area contributed by atoms with E-state index in [0.29, 0.717) is 23.3 Å². The molecule has 2 aromatic carbocycles. The SMILES string of the molecule is COCc1cccc(NC(=O)c2cc3c(=O)c4ccccc4oc3o2)c1. The van der Waals surface area contributed by atoms with Gasteiger partial charge in [0.25, 0.3) is 5.91 Å². The van der Waals surface area contributed by atoms with Crippen molar-refractivity contribution in [3.05, 3.63) is 76.1 Å². The number of carbonyl (C=O) groups is 1. The van der Waals surface area contributed by atoms with Crippen LogP contribution in [0.5, 0.6) is 0 Å². The third-order valence-corrected chi connectivity index (χ3v) is 4.00. The fourth-order valence-electron chi connectivity index (χ4n) is 2.81. The van der Waals surface area contributed by atoms with Crippen LogP contribution < -0.4 is 10.7 Å². The fraction of sp³-hybridized carbons (Fsp3) is 0.100. The number of benzene rings is 2. The van der Waals surface area contributed by atoms with Crippen LogP contribution in [0.1, 0.15) is 16.1 Å². The average Bonchev–Trinajstić information content (AvgIpc) is 3.07. The van der Waals surface area contributed by atoms with Gasteiger partial charge in [0.2, 0.25) is 5.43 Å². The molecule has 0 fully saturated rings. The molecule has 130 valence electrons. The lowest BCUT2D eigenvalue weighted by atomic mass is 10.2. The highest BCUT2D eigenvalue weighted by atomic mass is 16.5. The predicted molar refractivity (Wildman–Crippen MR) is 97.4 cm³/mol. The Hall–Kier alpha value is -3.38. The van der Waals surface area contributed by atoms with Crippen LogP contribution in [0.15, 0.2) is 68.2 Å². The lowest BCUT2D eigenvalue weighted by molar-refractivity contribution is 0.0997. The maximum absolute atomic E-state index is 12.5. The van der Waals surface area contributed by atoms with E-state index in [1.54, 1.807) is 37.4 Å². The summed E-state index contributed by atoms with van der Waals surface area (Å²) in [5.74, 6) is -0.422. The smallest absolute Gasteiger partial charge is 0.302 e. The summed E-state index contributed by atoms with van der Waals surface area (Å²) in [5, 5.41) is 3.43. The van der Waals surface area contributed by atoms with E-state index in [1.807, 2.05) is 18.2 Å². The standard InChI is InChI=1S/C20H15NO5/c1-24-11-12-5-4-6-13(9-12)21-19(23)17-10-15-18(22)14-7-2-3-8-16(14)25-20(15)26-17/h2-10H,11H2,1H3,(H,21,23). The second-order valence-corrected chi connectivity index (χ2v) is 5.83. The Morgan fingerprint density at radius 2 is 1.88 bits per heavy atom. The van der Waals surface area contributed by atoms with Gasteiger partial charge in [-0.25, -0.2) is 0 Å². The quantitative estimate of drug-likeness (QED) is 0.603. The van der Waals surface area contributed by atoms with Gasteiger partial charge < -0.3 is 18.9 Å². The highest BCUT2D eigenvalue weighted by Crippen LogP contribution is 2.22. The molecule has 0 spiro atoms. The monoisotopic (exact) mass is 349 g/mol. The molecule has 4 rings (SSSR count). The number of methoxy groups -OCH3 is 1. The highest BCUT2D eigenvalue weighted by molar-refractivity contribution is 6.04. The third-order valence-electron chi connectivity index (χ3n) is 4.00. The van der Waals surface area contributed by atoms with Gasteiger partial charge in [-0.1, -0.05) is 24.3 Å². The zero-order valence-electron chi connectivity index (χ0n) is 13.9. The number of anilines is 1. The molecule has 0 aliphatic carbocycles. The number of ether oxygens (including phenoxy) is 1. The molecule has 0 saturated heterocycles. The number of hydrogen-bond donors (Lipinski definition) is 1. The first kappa shape index (κ1) is 16.1. The predicted octanol–water partition coefficient (Wildman–Crippen LogP) is 3.94. The molecule has 0 aliphatic rings. The number of rotatable bonds is 4. The van der Waals surface area contributed by atoms with E-state index in [0.717, 1.165) is 5.56 Å². The van der Waals surface area contributed by atoms with E-state index in [1.165, 1.54) is 6.07 Å². The van der Waals surface area contributed by atoms with Crippen molar-refractivity contribution in [2.75, 3.05) is 12.4 Å². The van der Waals surface area contributed by atoms with E-state index in [-0.39, 0.29) is 22.4 Å². The minimum Gasteiger partial charge on any atom is -0.425 e. The van der Waals surface area contributed by atoms with Crippen molar-refractivity contribution >= 4 is 33.7 Å². The van der Waals surface area contributed by atoms with Crippen molar-refractivity contribution in [2.45, 2.75) is 6.61 Å². The maximum atomic E-state index is 12.5. The van der Waals surface area contributed by atoms with Gasteiger partial charge in [-0.2, -0.15) is 0 Å². The molecule has 0 aliphatic heterocycles. The highest BCUT2D eigenvalue weighted by Gasteiger charge is 2.17. The van der Waals surface area contributed by atoms with Crippen LogP contribution in [-0.2, 0) is 11.3 Å². The van der Waals surface area contributed by atoms with Crippen molar-refractivity contribution < 1.29 is 18.4 Å². The maximum Gasteiger partial charge on any atom is 0.302 e. The van der Waals surface area contributed by atoms with Crippen molar-refractivity contribution in [1.29, 1.82) is 0 Å². The molecule has 0 unspecified atom stereocenters. The Labute approximate surface area is 148 Å². The summed E-state index contributed by atoms with van der Waals surface area (Å²) < 4.78 is 16.1. The van der Waals surface area contributed by atoms with E-state index in [2.05, 4.69) is 5.32 Å². The van der Waals surface area contributed by atoms with Crippen LogP contribution in [0.3, 0.4) is 0 Å². The summed E-state index contributed by atoms with van der Waals surface area (Å²) in [6.07, 6.45) is 0. The van der Waals surface area contributed by atoms with Gasteiger partial charge in [-0.3, -0.25) is 9.59 Å². The van der Waals surface area contributed by atoms with E-state index >= 15 is 0 Å². The van der Waals surface area contributed by atoms with E-state index < -0.39 is 5.91 Å². The van der Waals surface area contributed by atoms with Gasteiger partial charge in [-0.15, -0.1) is 0 Å². The molecule has 1 N–H and O–H groups in total. The van der Waals surface area contributed by atoms with Crippen LogP contribution in [-0.4, -0.2) is 13.0 Å². The molecule has 2 aromatic heterocycles. The van der Waals surface area contributed by atoms with Crippen molar-refractivity contribution in [3.8, 4) is 0 Å². The zero-order chi connectivity index (χ0) is 18.1. The fourth-order valence-corrected chi connectivity index (χ4v) is 2.81. The van der Waals surface area contributed by atoms with E-state index in [9.17, 15) is 9.59 Å². The van der Waals surface area contributed by atoms with Gasteiger partial charge in [-0.05, 0) is 29.8 Å². The second-order valence-electron chi connectivity index (χ2n) is 5.83. The van der Waals surface area contributed by atoms with Crippen LogP contribution >= 0.6 is 0 Å². The van der Waals surface area contributed by atoms with Crippen molar-refractivity contribution in [1.82, 2.24) is 0 Å². The Morgan fingerprint density at radius 3 is 2.73 bits per heavy atom. The number of hydrogen-bond acceptors (Lipinski definition) is 5. The molecular formula is C20H15NO5. The van der Waals surface area contributed by atoms with Crippen molar-refractivity contribution in [3.63, 3.8) is 0 Å². The Balaban J connectivity index is 1.69. The molecule has 0 saturated carbocycles. The lowest BCUT2D eigenvalue weighted by Gasteiger charge is -2.05.